The Morgan fingerprint density at radius 1 is 0.733 bits per heavy atom. The van der Waals surface area contributed by atoms with E-state index in [2.05, 4.69) is 0 Å². The molecule has 7 nitrogen and oxygen atoms in total. The molecule has 2 rings (SSSR count). The van der Waals surface area contributed by atoms with Crippen molar-refractivity contribution in [1.29, 1.82) is 0 Å². The van der Waals surface area contributed by atoms with Crippen LogP contribution in [0.4, 0.5) is 37.7 Å². The quantitative estimate of drug-likeness (QED) is 0.364. The molecule has 160 valence electrons. The van der Waals surface area contributed by atoms with E-state index in [-0.39, 0.29) is 23.3 Å². The van der Waals surface area contributed by atoms with Crippen molar-refractivity contribution < 1.29 is 41.0 Å². The number of hydrogen-bond acceptors (Lipinski definition) is 5. The summed E-state index contributed by atoms with van der Waals surface area (Å²) in [5, 5.41) is 22.1. The van der Waals surface area contributed by atoms with Crippen molar-refractivity contribution in [3.8, 4) is 0 Å². The van der Waals surface area contributed by atoms with Gasteiger partial charge in [0.05, 0.1) is 21.0 Å². The Morgan fingerprint density at radius 3 is 1.33 bits per heavy atom. The number of nitro benzene ring substituents is 2. The van der Waals surface area contributed by atoms with E-state index in [0.717, 1.165) is 12.1 Å². The number of alkyl halides is 6. The second kappa shape index (κ2) is 8.08. The molecule has 0 N–H and O–H groups in total. The van der Waals surface area contributed by atoms with Crippen molar-refractivity contribution in [1.82, 2.24) is 0 Å². The molecule has 0 unspecified atom stereocenters. The third-order valence-electron chi connectivity index (χ3n) is 3.99. The summed E-state index contributed by atoms with van der Waals surface area (Å²) >= 11 is 0. The Labute approximate surface area is 163 Å². The van der Waals surface area contributed by atoms with E-state index in [1.54, 1.807) is 0 Å². The van der Waals surface area contributed by atoms with Crippen LogP contribution in [0.1, 0.15) is 22.3 Å². The van der Waals surface area contributed by atoms with Crippen LogP contribution >= 0.6 is 0 Å². The highest BCUT2D eigenvalue weighted by Crippen LogP contribution is 2.35. The van der Waals surface area contributed by atoms with Crippen LogP contribution < -0.4 is 0 Å². The van der Waals surface area contributed by atoms with Gasteiger partial charge in [0.25, 0.3) is 11.4 Å². The molecule has 0 spiro atoms. The van der Waals surface area contributed by atoms with Gasteiger partial charge in [0.1, 0.15) is 5.78 Å². The molecule has 0 saturated carbocycles. The van der Waals surface area contributed by atoms with Crippen LogP contribution in [0.25, 0.3) is 0 Å². The lowest BCUT2D eigenvalue weighted by atomic mass is 9.98. The van der Waals surface area contributed by atoms with Crippen LogP contribution in [0.2, 0.25) is 0 Å². The highest BCUT2D eigenvalue weighted by atomic mass is 19.4. The number of halogens is 6. The number of benzene rings is 2. The van der Waals surface area contributed by atoms with Gasteiger partial charge >= 0.3 is 12.4 Å². The maximum absolute atomic E-state index is 12.7. The fourth-order valence-electron chi connectivity index (χ4n) is 2.61. The minimum Gasteiger partial charge on any atom is -0.299 e. The normalized spacial score (nSPS) is 11.9. The van der Waals surface area contributed by atoms with Crippen molar-refractivity contribution >= 4 is 17.2 Å². The number of carbonyl (C=O) groups is 1. The Hall–Kier alpha value is -3.51. The van der Waals surface area contributed by atoms with Crippen molar-refractivity contribution in [2.24, 2.45) is 0 Å². The second-order valence-electron chi connectivity index (χ2n) is 6.09. The first-order valence-electron chi connectivity index (χ1n) is 7.91. The summed E-state index contributed by atoms with van der Waals surface area (Å²) < 4.78 is 76.3. The molecule has 0 aliphatic rings. The average Bonchev–Trinajstić information content (AvgIpc) is 2.59. The SMILES string of the molecule is O=C(Cc1ccc(C(F)(F)F)cc1[N+](=O)[O-])Cc1ccc(C(F)(F)F)cc1[N+](=O)[O-]. The fourth-order valence-corrected chi connectivity index (χ4v) is 2.61. The number of carbonyl (C=O) groups excluding carboxylic acids is 1. The minimum atomic E-state index is -4.85. The standard InChI is InChI=1S/C17H10F6N2O5/c18-16(19,20)11-3-1-9(14(7-11)24(27)28)5-13(26)6-10-2-4-12(17(21,22)23)8-15(10)25(29)30/h1-4,7-8H,5-6H2. The molecular formula is C17H10F6N2O5. The number of rotatable bonds is 6. The zero-order valence-corrected chi connectivity index (χ0v) is 14.6. The summed E-state index contributed by atoms with van der Waals surface area (Å²) in [4.78, 5) is 32.1. The maximum atomic E-state index is 12.7. The average molecular weight is 436 g/mol. The molecule has 2 aromatic carbocycles. The molecule has 13 heteroatoms. The Balaban J connectivity index is 2.32. The number of ketones is 1. The Kier molecular flexibility index (Phi) is 6.14. The van der Waals surface area contributed by atoms with E-state index in [9.17, 15) is 51.4 Å². The number of nitro groups is 2. The van der Waals surface area contributed by atoms with Gasteiger partial charge in [-0.25, -0.2) is 0 Å². The molecule has 0 heterocycles. The van der Waals surface area contributed by atoms with Crippen molar-refractivity contribution in [3.63, 3.8) is 0 Å². The van der Waals surface area contributed by atoms with Crippen LogP contribution in [0.15, 0.2) is 36.4 Å². The van der Waals surface area contributed by atoms with Gasteiger partial charge in [-0.15, -0.1) is 0 Å². The smallest absolute Gasteiger partial charge is 0.299 e. The maximum Gasteiger partial charge on any atom is 0.416 e. The van der Waals surface area contributed by atoms with Gasteiger partial charge in [0.15, 0.2) is 0 Å². The summed E-state index contributed by atoms with van der Waals surface area (Å²) in [7, 11) is 0. The molecule has 0 bridgehead atoms. The van der Waals surface area contributed by atoms with E-state index in [0.29, 0.717) is 12.1 Å². The molecule has 2 aromatic rings. The van der Waals surface area contributed by atoms with Gasteiger partial charge in [-0.3, -0.25) is 25.0 Å². The molecule has 0 atom stereocenters. The van der Waals surface area contributed by atoms with Crippen molar-refractivity contribution in [2.45, 2.75) is 25.2 Å². The summed E-state index contributed by atoms with van der Waals surface area (Å²) in [6.45, 7) is 0. The van der Waals surface area contributed by atoms with Crippen LogP contribution in [-0.4, -0.2) is 15.6 Å². The molecule has 0 fully saturated rings. The number of Topliss-reactive ketones (excluding diaryl/α,β-unsaturated/α-hetero) is 1. The fraction of sp³-hybridized carbons (Fsp3) is 0.235. The Bertz CT molecular complexity index is 937. The summed E-state index contributed by atoms with van der Waals surface area (Å²) in [6, 6.07) is 3.05. The largest absolute Gasteiger partial charge is 0.416 e. The van der Waals surface area contributed by atoms with Crippen LogP contribution in [0.5, 0.6) is 0 Å². The van der Waals surface area contributed by atoms with E-state index < -0.39 is 63.3 Å². The van der Waals surface area contributed by atoms with E-state index in [1.165, 1.54) is 0 Å². The highest BCUT2D eigenvalue weighted by molar-refractivity contribution is 5.85. The molecule has 30 heavy (non-hydrogen) atoms. The van der Waals surface area contributed by atoms with Gasteiger partial charge in [0.2, 0.25) is 0 Å². The molecule has 0 aromatic heterocycles. The Morgan fingerprint density at radius 2 is 1.07 bits per heavy atom. The lowest BCUT2D eigenvalue weighted by molar-refractivity contribution is -0.385. The zero-order valence-electron chi connectivity index (χ0n) is 14.6. The van der Waals surface area contributed by atoms with E-state index in [4.69, 9.17) is 0 Å². The lowest BCUT2D eigenvalue weighted by Crippen LogP contribution is -2.12. The second-order valence-corrected chi connectivity index (χ2v) is 6.09. The van der Waals surface area contributed by atoms with E-state index >= 15 is 0 Å². The highest BCUT2D eigenvalue weighted by Gasteiger charge is 2.34. The third kappa shape index (κ3) is 5.30. The monoisotopic (exact) mass is 436 g/mol. The van der Waals surface area contributed by atoms with Crippen LogP contribution in [0.3, 0.4) is 0 Å². The zero-order chi connectivity index (χ0) is 22.9. The summed E-state index contributed by atoms with van der Waals surface area (Å²) in [5.41, 5.74) is -5.28. The number of hydrogen-bond donors (Lipinski definition) is 0. The summed E-state index contributed by atoms with van der Waals surface area (Å²) in [5.74, 6) is -0.874. The first kappa shape index (κ1) is 22.8. The molecule has 0 aliphatic carbocycles. The summed E-state index contributed by atoms with van der Waals surface area (Å²) in [6.07, 6.45) is -11.2. The van der Waals surface area contributed by atoms with Gasteiger partial charge in [0, 0.05) is 36.1 Å². The molecule has 0 radical (unpaired) electrons. The molecule has 0 saturated heterocycles. The van der Waals surface area contributed by atoms with Gasteiger partial charge in [-0.1, -0.05) is 12.1 Å². The van der Waals surface area contributed by atoms with Crippen LogP contribution in [-0.2, 0) is 30.0 Å². The molecular weight excluding hydrogens is 426 g/mol. The van der Waals surface area contributed by atoms with Crippen LogP contribution in [0, 0.1) is 20.2 Å². The van der Waals surface area contributed by atoms with E-state index in [1.807, 2.05) is 0 Å². The van der Waals surface area contributed by atoms with Crippen molar-refractivity contribution in [3.05, 3.63) is 78.9 Å². The molecule has 0 amide bonds. The van der Waals surface area contributed by atoms with Gasteiger partial charge in [-0.05, 0) is 12.1 Å². The number of nitrogens with zero attached hydrogens (tertiary/aromatic N) is 2. The van der Waals surface area contributed by atoms with Gasteiger partial charge < -0.3 is 0 Å². The first-order chi connectivity index (χ1) is 13.7. The predicted molar refractivity (Wildman–Crippen MR) is 88.6 cm³/mol. The topological polar surface area (TPSA) is 103 Å². The van der Waals surface area contributed by atoms with Crippen molar-refractivity contribution in [2.75, 3.05) is 0 Å². The lowest BCUT2D eigenvalue weighted by Gasteiger charge is -2.10. The first-order valence-corrected chi connectivity index (χ1v) is 7.91. The third-order valence-corrected chi connectivity index (χ3v) is 3.99. The predicted octanol–water partition coefficient (Wildman–Crippen LogP) is 4.89. The molecule has 0 aliphatic heterocycles. The van der Waals surface area contributed by atoms with Gasteiger partial charge in [-0.2, -0.15) is 26.3 Å². The minimum absolute atomic E-state index is 0.253.